The summed E-state index contributed by atoms with van der Waals surface area (Å²) in [6.45, 7) is 3.22. The molecule has 0 unspecified atom stereocenters. The molecule has 0 aliphatic carbocycles. The Labute approximate surface area is 143 Å². The normalized spacial score (nSPS) is 16.0. The molecule has 1 saturated heterocycles. The summed E-state index contributed by atoms with van der Waals surface area (Å²) in [6, 6.07) is 14.7. The van der Waals surface area contributed by atoms with E-state index < -0.39 is 0 Å². The molecule has 1 aromatic carbocycles. The maximum absolute atomic E-state index is 12.1. The largest absolute Gasteiger partial charge is 0.353 e. The van der Waals surface area contributed by atoms with Crippen LogP contribution in [0.4, 0.5) is 0 Å². The molecule has 1 fully saturated rings. The van der Waals surface area contributed by atoms with Crippen LogP contribution in [0.2, 0.25) is 0 Å². The maximum atomic E-state index is 12.1. The van der Waals surface area contributed by atoms with E-state index in [4.69, 9.17) is 0 Å². The average molecular weight is 323 g/mol. The van der Waals surface area contributed by atoms with E-state index in [1.54, 1.807) is 12.4 Å². The number of rotatable bonds is 6. The first kappa shape index (κ1) is 16.7. The van der Waals surface area contributed by atoms with E-state index in [-0.39, 0.29) is 5.91 Å². The Hall–Kier alpha value is -2.20. The first-order chi connectivity index (χ1) is 11.8. The summed E-state index contributed by atoms with van der Waals surface area (Å²) in [5.41, 5.74) is 2.36. The number of benzene rings is 1. The van der Waals surface area contributed by atoms with Crippen LogP contribution in [0.1, 0.15) is 24.0 Å². The van der Waals surface area contributed by atoms with Gasteiger partial charge in [-0.25, -0.2) is 0 Å². The summed E-state index contributed by atoms with van der Waals surface area (Å²) in [5, 5.41) is 3.17. The molecule has 0 atom stereocenters. The van der Waals surface area contributed by atoms with Crippen molar-refractivity contribution < 1.29 is 4.79 Å². The third kappa shape index (κ3) is 5.17. The number of carbonyl (C=O) groups is 1. The van der Waals surface area contributed by atoms with Gasteiger partial charge in [-0.1, -0.05) is 36.4 Å². The molecule has 0 radical (unpaired) electrons. The fourth-order valence-corrected chi connectivity index (χ4v) is 3.20. The van der Waals surface area contributed by atoms with Gasteiger partial charge in [-0.3, -0.25) is 9.78 Å². The van der Waals surface area contributed by atoms with Crippen molar-refractivity contribution in [3.05, 3.63) is 66.0 Å². The summed E-state index contributed by atoms with van der Waals surface area (Å²) < 4.78 is 0. The van der Waals surface area contributed by atoms with Crippen LogP contribution < -0.4 is 5.32 Å². The lowest BCUT2D eigenvalue weighted by Crippen LogP contribution is -2.45. The Bertz CT molecular complexity index is 622. The predicted octanol–water partition coefficient (Wildman–Crippen LogP) is 2.45. The molecule has 4 heteroatoms. The summed E-state index contributed by atoms with van der Waals surface area (Å²) >= 11 is 0. The number of piperidine rings is 1. The number of hydrogen-bond acceptors (Lipinski definition) is 3. The van der Waals surface area contributed by atoms with Crippen molar-refractivity contribution in [3.8, 4) is 0 Å². The molecule has 126 valence electrons. The molecule has 2 heterocycles. The van der Waals surface area contributed by atoms with Crippen molar-refractivity contribution in [2.24, 2.45) is 0 Å². The summed E-state index contributed by atoms with van der Waals surface area (Å²) in [4.78, 5) is 18.7. The van der Waals surface area contributed by atoms with Crippen molar-refractivity contribution in [3.63, 3.8) is 0 Å². The number of aromatic nitrogens is 1. The van der Waals surface area contributed by atoms with Gasteiger partial charge in [0.2, 0.25) is 5.91 Å². The number of nitrogens with zero attached hydrogens (tertiary/aromatic N) is 2. The van der Waals surface area contributed by atoms with Crippen LogP contribution in [-0.4, -0.2) is 41.5 Å². The highest BCUT2D eigenvalue weighted by molar-refractivity contribution is 5.78. The van der Waals surface area contributed by atoms with Gasteiger partial charge in [-0.15, -0.1) is 0 Å². The van der Waals surface area contributed by atoms with Gasteiger partial charge in [0.1, 0.15) is 0 Å². The Morgan fingerprint density at radius 1 is 1.08 bits per heavy atom. The zero-order chi connectivity index (χ0) is 16.6. The predicted molar refractivity (Wildman–Crippen MR) is 95.7 cm³/mol. The minimum Gasteiger partial charge on any atom is -0.353 e. The summed E-state index contributed by atoms with van der Waals surface area (Å²) in [7, 11) is 0. The Kier molecular flexibility index (Phi) is 5.96. The molecule has 1 aliphatic heterocycles. The maximum Gasteiger partial charge on any atom is 0.224 e. The van der Waals surface area contributed by atoms with Crippen molar-refractivity contribution in [1.82, 2.24) is 15.2 Å². The SMILES string of the molecule is O=C(Cc1cccnc1)NC1CCN(CCc2ccccc2)CC1. The van der Waals surface area contributed by atoms with Gasteiger partial charge in [0, 0.05) is 38.1 Å². The highest BCUT2D eigenvalue weighted by Crippen LogP contribution is 2.12. The second-order valence-corrected chi connectivity index (χ2v) is 6.46. The van der Waals surface area contributed by atoms with Crippen molar-refractivity contribution in [2.75, 3.05) is 19.6 Å². The number of nitrogens with one attached hydrogen (secondary N) is 1. The van der Waals surface area contributed by atoms with E-state index >= 15 is 0 Å². The number of pyridine rings is 1. The van der Waals surface area contributed by atoms with Gasteiger partial charge < -0.3 is 10.2 Å². The van der Waals surface area contributed by atoms with Crippen LogP contribution in [0, 0.1) is 0 Å². The van der Waals surface area contributed by atoms with Crippen LogP contribution in [0.15, 0.2) is 54.9 Å². The van der Waals surface area contributed by atoms with Crippen molar-refractivity contribution in [2.45, 2.75) is 31.7 Å². The number of amides is 1. The fourth-order valence-electron chi connectivity index (χ4n) is 3.20. The van der Waals surface area contributed by atoms with E-state index in [0.717, 1.165) is 44.5 Å². The molecular weight excluding hydrogens is 298 g/mol. The first-order valence-corrected chi connectivity index (χ1v) is 8.74. The third-order valence-electron chi connectivity index (χ3n) is 4.60. The molecule has 1 N–H and O–H groups in total. The van der Waals surface area contributed by atoms with Crippen molar-refractivity contribution in [1.29, 1.82) is 0 Å². The Balaban J connectivity index is 1.36. The zero-order valence-corrected chi connectivity index (χ0v) is 14.0. The number of likely N-dealkylation sites (tertiary alicyclic amines) is 1. The van der Waals surface area contributed by atoms with E-state index in [0.29, 0.717) is 12.5 Å². The lowest BCUT2D eigenvalue weighted by molar-refractivity contribution is -0.121. The highest BCUT2D eigenvalue weighted by atomic mass is 16.1. The monoisotopic (exact) mass is 323 g/mol. The molecule has 1 amide bonds. The average Bonchev–Trinajstić information content (AvgIpc) is 2.63. The zero-order valence-electron chi connectivity index (χ0n) is 14.0. The van der Waals surface area contributed by atoms with Crippen LogP contribution in [0.5, 0.6) is 0 Å². The molecule has 0 spiro atoms. The van der Waals surface area contributed by atoms with Crippen LogP contribution >= 0.6 is 0 Å². The molecule has 24 heavy (non-hydrogen) atoms. The second kappa shape index (κ2) is 8.60. The molecule has 1 aromatic heterocycles. The smallest absolute Gasteiger partial charge is 0.224 e. The summed E-state index contributed by atoms with van der Waals surface area (Å²) in [6.07, 6.45) is 7.07. The van der Waals surface area contributed by atoms with Crippen molar-refractivity contribution >= 4 is 5.91 Å². The van der Waals surface area contributed by atoms with Gasteiger partial charge in [0.15, 0.2) is 0 Å². The van der Waals surface area contributed by atoms with Gasteiger partial charge >= 0.3 is 0 Å². The lowest BCUT2D eigenvalue weighted by Gasteiger charge is -2.32. The van der Waals surface area contributed by atoms with Gasteiger partial charge in [0.05, 0.1) is 6.42 Å². The quantitative estimate of drug-likeness (QED) is 0.888. The van der Waals surface area contributed by atoms with Crippen LogP contribution in [0.25, 0.3) is 0 Å². The molecule has 1 aliphatic rings. The number of carbonyl (C=O) groups excluding carboxylic acids is 1. The highest BCUT2D eigenvalue weighted by Gasteiger charge is 2.20. The molecule has 3 rings (SSSR count). The van der Waals surface area contributed by atoms with Crippen LogP contribution in [0.3, 0.4) is 0 Å². The van der Waals surface area contributed by atoms with Crippen LogP contribution in [-0.2, 0) is 17.6 Å². The standard InChI is InChI=1S/C20H25N3O/c24-20(15-18-7-4-11-21-16-18)22-19-9-13-23(14-10-19)12-8-17-5-2-1-3-6-17/h1-7,11,16,19H,8-10,12-15H2,(H,22,24). The lowest BCUT2D eigenvalue weighted by atomic mass is 10.0. The molecular formula is C20H25N3O. The fraction of sp³-hybridized carbons (Fsp3) is 0.400. The molecule has 4 nitrogen and oxygen atoms in total. The molecule has 0 bridgehead atoms. The molecule has 2 aromatic rings. The number of hydrogen-bond donors (Lipinski definition) is 1. The topological polar surface area (TPSA) is 45.2 Å². The Morgan fingerprint density at radius 2 is 1.83 bits per heavy atom. The first-order valence-electron chi connectivity index (χ1n) is 8.74. The van der Waals surface area contributed by atoms with E-state index in [1.165, 1.54) is 5.56 Å². The van der Waals surface area contributed by atoms with E-state index in [9.17, 15) is 4.79 Å². The van der Waals surface area contributed by atoms with Gasteiger partial charge in [-0.2, -0.15) is 0 Å². The summed E-state index contributed by atoms with van der Waals surface area (Å²) in [5.74, 6) is 0.103. The van der Waals surface area contributed by atoms with E-state index in [1.807, 2.05) is 12.1 Å². The van der Waals surface area contributed by atoms with Gasteiger partial charge in [-0.05, 0) is 36.5 Å². The minimum atomic E-state index is 0.103. The third-order valence-corrected chi connectivity index (χ3v) is 4.60. The minimum absolute atomic E-state index is 0.103. The second-order valence-electron chi connectivity index (χ2n) is 6.46. The van der Waals surface area contributed by atoms with Gasteiger partial charge in [0.25, 0.3) is 0 Å². The van der Waals surface area contributed by atoms with E-state index in [2.05, 4.69) is 45.5 Å². The molecule has 0 saturated carbocycles. The Morgan fingerprint density at radius 3 is 2.54 bits per heavy atom.